The Morgan fingerprint density at radius 2 is 1.89 bits per heavy atom. The second-order valence-electron chi connectivity index (χ2n) is 4.13. The number of aryl methyl sites for hydroxylation is 1. The van der Waals surface area contributed by atoms with Crippen LogP contribution in [0.15, 0.2) is 16.5 Å². The molecule has 1 aromatic rings. The average molecular weight is 251 g/mol. The Bertz CT molecular complexity index is 448. The maximum absolute atomic E-state index is 11.7. The molecule has 0 unspecified atom stereocenters. The lowest BCUT2D eigenvalue weighted by atomic mass is 10.1. The summed E-state index contributed by atoms with van der Waals surface area (Å²) in [5, 5.41) is 0. The molecule has 0 radical (unpaired) electrons. The summed E-state index contributed by atoms with van der Waals surface area (Å²) in [4.78, 5) is 33.5. The Balaban J connectivity index is 2.49. The first kappa shape index (κ1) is 14.3. The number of carbonyl (C=O) groups excluding carboxylic acids is 3. The highest BCUT2D eigenvalue weighted by molar-refractivity contribution is 5.96. The first-order valence-corrected chi connectivity index (χ1v) is 5.86. The lowest BCUT2D eigenvalue weighted by Crippen LogP contribution is -2.14. The van der Waals surface area contributed by atoms with E-state index in [1.165, 1.54) is 6.92 Å². The Morgan fingerprint density at radius 1 is 1.17 bits per heavy atom. The molecule has 0 aliphatic rings. The molecular formula is C13H17NO4. The molecule has 0 fully saturated rings. The van der Waals surface area contributed by atoms with Gasteiger partial charge in [0.2, 0.25) is 0 Å². The van der Waals surface area contributed by atoms with E-state index in [0.717, 1.165) is 0 Å². The Hall–Kier alpha value is -1.75. The van der Waals surface area contributed by atoms with Gasteiger partial charge in [-0.2, -0.15) is 0 Å². The molecule has 0 bridgehead atoms. The second-order valence-corrected chi connectivity index (χ2v) is 4.13. The van der Waals surface area contributed by atoms with Gasteiger partial charge in [0.15, 0.2) is 11.5 Å². The van der Waals surface area contributed by atoms with Gasteiger partial charge in [-0.1, -0.05) is 0 Å². The van der Waals surface area contributed by atoms with Gasteiger partial charge in [0.1, 0.15) is 17.3 Å². The third-order valence-corrected chi connectivity index (χ3v) is 2.52. The summed E-state index contributed by atoms with van der Waals surface area (Å²) < 4.78 is 5.32. The van der Waals surface area contributed by atoms with E-state index in [9.17, 15) is 14.4 Å². The largest absolute Gasteiger partial charge is 0.458 e. The molecule has 0 saturated heterocycles. The first-order valence-electron chi connectivity index (χ1n) is 5.86. The summed E-state index contributed by atoms with van der Waals surface area (Å²) in [5.41, 5.74) is 5.15. The molecule has 0 amide bonds. The molecule has 0 spiro atoms. The lowest BCUT2D eigenvalue weighted by Gasteiger charge is -1.97. The van der Waals surface area contributed by atoms with Crippen molar-refractivity contribution in [2.45, 2.75) is 32.6 Å². The molecule has 0 atom stereocenters. The van der Waals surface area contributed by atoms with Crippen LogP contribution in [0.5, 0.6) is 0 Å². The van der Waals surface area contributed by atoms with Crippen molar-refractivity contribution in [1.82, 2.24) is 0 Å². The number of Topliss-reactive ketones (excluding diaryl/α,β-unsaturated/α-hetero) is 3. The number of hydrogen-bond acceptors (Lipinski definition) is 5. The van der Waals surface area contributed by atoms with E-state index in [4.69, 9.17) is 10.2 Å². The molecule has 0 saturated carbocycles. The topological polar surface area (TPSA) is 90.4 Å². The third-order valence-electron chi connectivity index (χ3n) is 2.52. The summed E-state index contributed by atoms with van der Waals surface area (Å²) >= 11 is 0. The fraction of sp³-hybridized carbons (Fsp3) is 0.462. The fourth-order valence-electron chi connectivity index (χ4n) is 1.44. The van der Waals surface area contributed by atoms with Crippen molar-refractivity contribution in [3.63, 3.8) is 0 Å². The van der Waals surface area contributed by atoms with Crippen LogP contribution < -0.4 is 5.73 Å². The van der Waals surface area contributed by atoms with E-state index in [1.54, 1.807) is 12.1 Å². The Morgan fingerprint density at radius 3 is 2.50 bits per heavy atom. The molecule has 2 N–H and O–H groups in total. The Labute approximate surface area is 105 Å². The van der Waals surface area contributed by atoms with Crippen molar-refractivity contribution >= 4 is 17.3 Å². The summed E-state index contributed by atoms with van der Waals surface area (Å²) in [6.07, 6.45) is 1.13. The minimum Gasteiger partial charge on any atom is -0.458 e. The number of ketones is 3. The van der Waals surface area contributed by atoms with E-state index in [1.807, 2.05) is 0 Å². The van der Waals surface area contributed by atoms with E-state index in [2.05, 4.69) is 0 Å². The van der Waals surface area contributed by atoms with Gasteiger partial charge in [-0.15, -0.1) is 0 Å². The molecule has 1 aromatic heterocycles. The van der Waals surface area contributed by atoms with Crippen molar-refractivity contribution in [2.24, 2.45) is 5.73 Å². The SMILES string of the molecule is CC(=O)CCc1ccc(C(=O)CCC(=O)CN)o1. The van der Waals surface area contributed by atoms with Crippen molar-refractivity contribution in [3.05, 3.63) is 23.7 Å². The number of nitrogens with two attached hydrogens (primary N) is 1. The molecule has 5 nitrogen and oxygen atoms in total. The van der Waals surface area contributed by atoms with Crippen LogP contribution in [0.3, 0.4) is 0 Å². The predicted molar refractivity (Wildman–Crippen MR) is 65.3 cm³/mol. The minimum absolute atomic E-state index is 0.0463. The highest BCUT2D eigenvalue weighted by Gasteiger charge is 2.13. The van der Waals surface area contributed by atoms with Gasteiger partial charge >= 0.3 is 0 Å². The average Bonchev–Trinajstić information content (AvgIpc) is 2.81. The molecule has 0 aromatic carbocycles. The first-order chi connectivity index (χ1) is 8.52. The summed E-state index contributed by atoms with van der Waals surface area (Å²) in [5.74, 6) is 0.558. The maximum Gasteiger partial charge on any atom is 0.198 e. The Kier molecular flexibility index (Phi) is 5.45. The van der Waals surface area contributed by atoms with Gasteiger partial charge in [-0.05, 0) is 19.1 Å². The smallest absolute Gasteiger partial charge is 0.198 e. The normalized spacial score (nSPS) is 10.3. The molecule has 18 heavy (non-hydrogen) atoms. The van der Waals surface area contributed by atoms with Crippen molar-refractivity contribution in [1.29, 1.82) is 0 Å². The summed E-state index contributed by atoms with van der Waals surface area (Å²) in [6, 6.07) is 3.26. The van der Waals surface area contributed by atoms with Crippen LogP contribution in [0.4, 0.5) is 0 Å². The van der Waals surface area contributed by atoms with E-state index in [0.29, 0.717) is 18.6 Å². The molecule has 0 aliphatic heterocycles. The zero-order valence-corrected chi connectivity index (χ0v) is 10.4. The van der Waals surface area contributed by atoms with Crippen LogP contribution in [0.25, 0.3) is 0 Å². The molecule has 98 valence electrons. The van der Waals surface area contributed by atoms with Gasteiger partial charge in [0.05, 0.1) is 6.54 Å². The molecule has 5 heteroatoms. The van der Waals surface area contributed by atoms with Crippen LogP contribution >= 0.6 is 0 Å². The van der Waals surface area contributed by atoms with Gasteiger partial charge < -0.3 is 14.9 Å². The van der Waals surface area contributed by atoms with Gasteiger partial charge in [-0.25, -0.2) is 0 Å². The highest BCUT2D eigenvalue weighted by Crippen LogP contribution is 2.13. The van der Waals surface area contributed by atoms with Crippen LogP contribution in [0.1, 0.15) is 42.5 Å². The summed E-state index contributed by atoms with van der Waals surface area (Å²) in [7, 11) is 0. The maximum atomic E-state index is 11.7. The van der Waals surface area contributed by atoms with Crippen molar-refractivity contribution in [3.8, 4) is 0 Å². The highest BCUT2D eigenvalue weighted by atomic mass is 16.3. The fourth-order valence-corrected chi connectivity index (χ4v) is 1.44. The zero-order chi connectivity index (χ0) is 13.5. The molecular weight excluding hydrogens is 234 g/mol. The number of carbonyl (C=O) groups is 3. The van der Waals surface area contributed by atoms with Crippen LogP contribution in [-0.2, 0) is 16.0 Å². The standard InChI is InChI=1S/C13H17NO4/c1-9(15)2-4-11-5-7-13(18-11)12(17)6-3-10(16)8-14/h5,7H,2-4,6,8,14H2,1H3. The molecule has 1 rings (SSSR count). The molecule has 1 heterocycles. The summed E-state index contributed by atoms with van der Waals surface area (Å²) in [6.45, 7) is 1.46. The molecule has 0 aliphatic carbocycles. The van der Waals surface area contributed by atoms with E-state index in [-0.39, 0.29) is 42.5 Å². The van der Waals surface area contributed by atoms with Gasteiger partial charge in [0.25, 0.3) is 0 Å². The van der Waals surface area contributed by atoms with Crippen LogP contribution in [0, 0.1) is 0 Å². The van der Waals surface area contributed by atoms with E-state index >= 15 is 0 Å². The number of rotatable bonds is 8. The monoisotopic (exact) mass is 251 g/mol. The minimum atomic E-state index is -0.217. The van der Waals surface area contributed by atoms with E-state index < -0.39 is 0 Å². The zero-order valence-electron chi connectivity index (χ0n) is 10.4. The van der Waals surface area contributed by atoms with Crippen molar-refractivity contribution < 1.29 is 18.8 Å². The second kappa shape index (κ2) is 6.86. The van der Waals surface area contributed by atoms with Crippen molar-refractivity contribution in [2.75, 3.05) is 6.54 Å². The predicted octanol–water partition coefficient (Wildman–Crippen LogP) is 1.29. The van der Waals surface area contributed by atoms with Crippen LogP contribution in [-0.4, -0.2) is 23.9 Å². The lowest BCUT2D eigenvalue weighted by molar-refractivity contribution is -0.118. The van der Waals surface area contributed by atoms with Gasteiger partial charge in [0, 0.05) is 25.7 Å². The van der Waals surface area contributed by atoms with Crippen LogP contribution in [0.2, 0.25) is 0 Å². The third kappa shape index (κ3) is 4.63. The van der Waals surface area contributed by atoms with Gasteiger partial charge in [-0.3, -0.25) is 9.59 Å². The number of hydrogen-bond donors (Lipinski definition) is 1. The number of furan rings is 1. The quantitative estimate of drug-likeness (QED) is 0.703.